The number of carbonyl (C=O) groups is 1. The molecule has 0 spiro atoms. The summed E-state index contributed by atoms with van der Waals surface area (Å²) in [6.07, 6.45) is 1.24. The van der Waals surface area contributed by atoms with Gasteiger partial charge in [0.2, 0.25) is 0 Å². The monoisotopic (exact) mass is 331 g/mol. The fraction of sp³-hybridized carbons (Fsp3) is 0.316. The van der Waals surface area contributed by atoms with Crippen LogP contribution in [0.1, 0.15) is 30.1 Å². The summed E-state index contributed by atoms with van der Waals surface area (Å²) in [6.45, 7) is 1.91. The van der Waals surface area contributed by atoms with E-state index in [-0.39, 0.29) is 18.2 Å². The summed E-state index contributed by atoms with van der Waals surface area (Å²) >= 11 is 0. The molecule has 0 saturated carbocycles. The van der Waals surface area contributed by atoms with Gasteiger partial charge in [-0.3, -0.25) is 4.79 Å². The molecule has 1 atom stereocenters. The van der Waals surface area contributed by atoms with Crippen molar-refractivity contribution < 1.29 is 19.0 Å². The van der Waals surface area contributed by atoms with Crippen LogP contribution in [0.5, 0.6) is 5.75 Å². The van der Waals surface area contributed by atoms with Gasteiger partial charge < -0.3 is 15.2 Å². The standard InChI is InChI=1S/C19H22FNO3/c1-13(4-3-11-22)21-19(23)17-10-7-15(12-18(17)20)14-5-8-16(24-2)9-6-14/h5-10,12-13,22H,3-4,11H2,1-2H3,(H,21,23). The van der Waals surface area contributed by atoms with E-state index in [0.29, 0.717) is 18.4 Å². The van der Waals surface area contributed by atoms with E-state index in [2.05, 4.69) is 5.32 Å². The van der Waals surface area contributed by atoms with Gasteiger partial charge in [0.05, 0.1) is 12.7 Å². The molecule has 2 aromatic carbocycles. The lowest BCUT2D eigenvalue weighted by atomic mass is 10.0. The highest BCUT2D eigenvalue weighted by atomic mass is 19.1. The third kappa shape index (κ3) is 4.55. The van der Waals surface area contributed by atoms with Crippen molar-refractivity contribution in [2.45, 2.75) is 25.8 Å². The molecule has 0 radical (unpaired) electrons. The second-order valence-electron chi connectivity index (χ2n) is 5.66. The minimum atomic E-state index is -0.560. The molecule has 4 nitrogen and oxygen atoms in total. The van der Waals surface area contributed by atoms with E-state index in [1.54, 1.807) is 25.3 Å². The number of hydrogen-bond acceptors (Lipinski definition) is 3. The number of amides is 1. The lowest BCUT2D eigenvalue weighted by molar-refractivity contribution is 0.0932. The normalized spacial score (nSPS) is 11.8. The Morgan fingerprint density at radius 3 is 2.46 bits per heavy atom. The molecule has 1 unspecified atom stereocenters. The van der Waals surface area contributed by atoms with Crippen molar-refractivity contribution >= 4 is 5.91 Å². The molecule has 0 heterocycles. The first-order valence-electron chi connectivity index (χ1n) is 7.91. The second-order valence-corrected chi connectivity index (χ2v) is 5.66. The van der Waals surface area contributed by atoms with Gasteiger partial charge in [-0.25, -0.2) is 4.39 Å². The first-order valence-corrected chi connectivity index (χ1v) is 7.91. The Morgan fingerprint density at radius 1 is 1.21 bits per heavy atom. The van der Waals surface area contributed by atoms with Gasteiger partial charge in [-0.15, -0.1) is 0 Å². The summed E-state index contributed by atoms with van der Waals surface area (Å²) in [4.78, 5) is 12.1. The van der Waals surface area contributed by atoms with Crippen LogP contribution in [0.3, 0.4) is 0 Å². The molecule has 0 saturated heterocycles. The summed E-state index contributed by atoms with van der Waals surface area (Å²) in [7, 11) is 1.59. The lowest BCUT2D eigenvalue weighted by Gasteiger charge is -2.14. The van der Waals surface area contributed by atoms with Gasteiger partial charge in [0.1, 0.15) is 11.6 Å². The Bertz CT molecular complexity index is 686. The van der Waals surface area contributed by atoms with E-state index in [9.17, 15) is 9.18 Å². The van der Waals surface area contributed by atoms with Crippen LogP contribution in [-0.2, 0) is 0 Å². The minimum Gasteiger partial charge on any atom is -0.497 e. The number of ether oxygens (including phenoxy) is 1. The van der Waals surface area contributed by atoms with Crippen LogP contribution in [0.15, 0.2) is 42.5 Å². The highest BCUT2D eigenvalue weighted by molar-refractivity contribution is 5.95. The molecular formula is C19H22FNO3. The quantitative estimate of drug-likeness (QED) is 0.817. The van der Waals surface area contributed by atoms with Gasteiger partial charge in [-0.05, 0) is 55.2 Å². The zero-order chi connectivity index (χ0) is 17.5. The largest absolute Gasteiger partial charge is 0.497 e. The smallest absolute Gasteiger partial charge is 0.254 e. The Labute approximate surface area is 141 Å². The molecule has 2 rings (SSSR count). The molecule has 0 aliphatic carbocycles. The average molecular weight is 331 g/mol. The molecule has 0 aliphatic heterocycles. The van der Waals surface area contributed by atoms with Gasteiger partial charge in [-0.2, -0.15) is 0 Å². The maximum atomic E-state index is 14.3. The van der Waals surface area contributed by atoms with Gasteiger partial charge in [0.15, 0.2) is 0 Å². The number of halogens is 1. The fourth-order valence-electron chi connectivity index (χ4n) is 2.43. The number of carbonyl (C=O) groups excluding carboxylic acids is 1. The van der Waals surface area contributed by atoms with Crippen molar-refractivity contribution in [3.63, 3.8) is 0 Å². The molecule has 2 aromatic rings. The van der Waals surface area contributed by atoms with Gasteiger partial charge in [0, 0.05) is 12.6 Å². The minimum absolute atomic E-state index is 0.0168. The first-order chi connectivity index (χ1) is 11.5. The van der Waals surface area contributed by atoms with Crippen molar-refractivity contribution in [1.29, 1.82) is 0 Å². The van der Waals surface area contributed by atoms with Crippen molar-refractivity contribution in [2.24, 2.45) is 0 Å². The maximum absolute atomic E-state index is 14.3. The summed E-state index contributed by atoms with van der Waals surface area (Å²) in [5.41, 5.74) is 1.56. The fourth-order valence-corrected chi connectivity index (χ4v) is 2.43. The van der Waals surface area contributed by atoms with Crippen LogP contribution in [0.2, 0.25) is 0 Å². The molecule has 128 valence electrons. The summed E-state index contributed by atoms with van der Waals surface area (Å²) < 4.78 is 19.4. The number of methoxy groups -OCH3 is 1. The third-order valence-electron chi connectivity index (χ3n) is 3.81. The molecule has 2 N–H and O–H groups in total. The first kappa shape index (κ1) is 17.9. The van der Waals surface area contributed by atoms with Crippen LogP contribution < -0.4 is 10.1 Å². The van der Waals surface area contributed by atoms with Crippen LogP contribution in [-0.4, -0.2) is 30.8 Å². The van der Waals surface area contributed by atoms with Crippen LogP contribution in [0, 0.1) is 5.82 Å². The van der Waals surface area contributed by atoms with E-state index in [1.807, 2.05) is 19.1 Å². The molecule has 0 bridgehead atoms. The zero-order valence-corrected chi connectivity index (χ0v) is 13.9. The van der Waals surface area contributed by atoms with Gasteiger partial charge in [0.25, 0.3) is 5.91 Å². The van der Waals surface area contributed by atoms with E-state index in [4.69, 9.17) is 9.84 Å². The van der Waals surface area contributed by atoms with Gasteiger partial charge >= 0.3 is 0 Å². The molecule has 24 heavy (non-hydrogen) atoms. The van der Waals surface area contributed by atoms with Crippen molar-refractivity contribution in [3.8, 4) is 16.9 Å². The maximum Gasteiger partial charge on any atom is 0.254 e. The summed E-state index contributed by atoms with van der Waals surface area (Å²) in [6, 6.07) is 11.7. The van der Waals surface area contributed by atoms with Crippen molar-refractivity contribution in [3.05, 3.63) is 53.8 Å². The lowest BCUT2D eigenvalue weighted by Crippen LogP contribution is -2.33. The van der Waals surface area contributed by atoms with E-state index >= 15 is 0 Å². The molecule has 0 aromatic heterocycles. The molecular weight excluding hydrogens is 309 g/mol. The number of rotatable bonds is 7. The third-order valence-corrected chi connectivity index (χ3v) is 3.81. The van der Waals surface area contributed by atoms with Crippen LogP contribution in [0.4, 0.5) is 4.39 Å². The van der Waals surface area contributed by atoms with E-state index in [0.717, 1.165) is 11.3 Å². The molecule has 0 aliphatic rings. The Hall–Kier alpha value is -2.40. The highest BCUT2D eigenvalue weighted by Gasteiger charge is 2.15. The molecule has 1 amide bonds. The van der Waals surface area contributed by atoms with Gasteiger partial charge in [-0.1, -0.05) is 18.2 Å². The van der Waals surface area contributed by atoms with Crippen LogP contribution in [0.25, 0.3) is 11.1 Å². The predicted molar refractivity (Wildman–Crippen MR) is 91.6 cm³/mol. The number of aliphatic hydroxyl groups is 1. The Kier molecular flexibility index (Phi) is 6.32. The average Bonchev–Trinajstić information content (AvgIpc) is 2.59. The zero-order valence-electron chi connectivity index (χ0n) is 13.9. The highest BCUT2D eigenvalue weighted by Crippen LogP contribution is 2.24. The van der Waals surface area contributed by atoms with E-state index < -0.39 is 11.7 Å². The van der Waals surface area contributed by atoms with Crippen molar-refractivity contribution in [1.82, 2.24) is 5.32 Å². The predicted octanol–water partition coefficient (Wildman–Crippen LogP) is 3.39. The van der Waals surface area contributed by atoms with Crippen molar-refractivity contribution in [2.75, 3.05) is 13.7 Å². The molecule has 0 fully saturated rings. The summed E-state index contributed by atoms with van der Waals surface area (Å²) in [5, 5.41) is 11.5. The molecule has 5 heteroatoms. The summed E-state index contributed by atoms with van der Waals surface area (Å²) in [5.74, 6) is -0.276. The number of aliphatic hydroxyl groups excluding tert-OH is 1. The van der Waals surface area contributed by atoms with E-state index in [1.165, 1.54) is 12.1 Å². The number of nitrogens with one attached hydrogen (secondary N) is 1. The Balaban J connectivity index is 2.12. The Morgan fingerprint density at radius 2 is 1.88 bits per heavy atom. The van der Waals surface area contributed by atoms with Crippen LogP contribution >= 0.6 is 0 Å². The number of benzene rings is 2. The topological polar surface area (TPSA) is 58.6 Å². The second kappa shape index (κ2) is 8.45. The number of hydrogen-bond donors (Lipinski definition) is 2. The SMILES string of the molecule is COc1ccc(-c2ccc(C(=O)NC(C)CCCO)c(F)c2)cc1.